The van der Waals surface area contributed by atoms with Crippen LogP contribution < -0.4 is 0 Å². The summed E-state index contributed by atoms with van der Waals surface area (Å²) in [5.41, 5.74) is 0. The van der Waals surface area contributed by atoms with Gasteiger partial charge in [0, 0.05) is 0 Å². The average Bonchev–Trinajstić information content (AvgIpc) is 1.63. The second kappa shape index (κ2) is 3.94. The fourth-order valence-corrected chi connectivity index (χ4v) is 0.642. The van der Waals surface area contributed by atoms with Crippen LogP contribution in [0.2, 0.25) is 5.82 Å². The van der Waals surface area contributed by atoms with Crippen molar-refractivity contribution in [3.8, 4) is 0 Å². The first-order chi connectivity index (χ1) is 4.04. The largest absolute Gasteiger partial charge is 0.352 e. The fraction of sp³-hybridized carbons (Fsp3) is 1.00. The zero-order chi connectivity index (χ0) is 7.44. The van der Waals surface area contributed by atoms with Crippen LogP contribution in [-0.2, 0) is 0 Å². The average molecular weight is 126 g/mol. The standard InChI is InChI=1S/C7H17BN/c1-6(2)7(3)8-9(4)5/h6-7H,1-5H3. The van der Waals surface area contributed by atoms with Crippen LogP contribution in [0.25, 0.3) is 0 Å². The van der Waals surface area contributed by atoms with Crippen molar-refractivity contribution in [1.82, 2.24) is 4.81 Å². The Kier molecular flexibility index (Phi) is 3.95. The van der Waals surface area contributed by atoms with Crippen LogP contribution in [0, 0.1) is 5.92 Å². The molecular weight excluding hydrogens is 109 g/mol. The molecule has 0 aliphatic carbocycles. The summed E-state index contributed by atoms with van der Waals surface area (Å²) in [6, 6.07) is 0. The highest BCUT2D eigenvalue weighted by molar-refractivity contribution is 6.33. The Labute approximate surface area is 59.7 Å². The summed E-state index contributed by atoms with van der Waals surface area (Å²) in [4.78, 5) is 2.12. The Balaban J connectivity index is 3.38. The summed E-state index contributed by atoms with van der Waals surface area (Å²) < 4.78 is 0. The molecule has 0 aromatic carbocycles. The number of hydrogen-bond donors (Lipinski definition) is 0. The van der Waals surface area contributed by atoms with Crippen LogP contribution >= 0.6 is 0 Å². The molecule has 9 heavy (non-hydrogen) atoms. The van der Waals surface area contributed by atoms with Crippen molar-refractivity contribution in [1.29, 1.82) is 0 Å². The van der Waals surface area contributed by atoms with E-state index in [-0.39, 0.29) is 0 Å². The van der Waals surface area contributed by atoms with E-state index in [2.05, 4.69) is 47.1 Å². The predicted octanol–water partition coefficient (Wildman–Crippen LogP) is 1.63. The first-order valence-corrected chi connectivity index (χ1v) is 3.55. The topological polar surface area (TPSA) is 3.24 Å². The zero-order valence-corrected chi connectivity index (χ0v) is 7.18. The third-order valence-electron chi connectivity index (χ3n) is 1.58. The van der Waals surface area contributed by atoms with E-state index in [0.717, 1.165) is 5.92 Å². The molecule has 0 aliphatic heterocycles. The highest BCUT2D eigenvalue weighted by Crippen LogP contribution is 2.14. The van der Waals surface area contributed by atoms with E-state index in [1.54, 1.807) is 0 Å². The molecule has 0 aromatic rings. The van der Waals surface area contributed by atoms with Crippen molar-refractivity contribution in [3.05, 3.63) is 0 Å². The fourth-order valence-electron chi connectivity index (χ4n) is 0.642. The number of nitrogens with zero attached hydrogens (tertiary/aromatic N) is 1. The van der Waals surface area contributed by atoms with Crippen molar-refractivity contribution in [3.63, 3.8) is 0 Å². The predicted molar refractivity (Wildman–Crippen MR) is 43.7 cm³/mol. The zero-order valence-electron chi connectivity index (χ0n) is 7.18. The molecule has 0 N–H and O–H groups in total. The molecular formula is C7H17BN. The molecule has 0 saturated carbocycles. The highest BCUT2D eigenvalue weighted by Gasteiger charge is 2.09. The van der Waals surface area contributed by atoms with Gasteiger partial charge in [-0.25, -0.2) is 0 Å². The molecule has 1 unspecified atom stereocenters. The van der Waals surface area contributed by atoms with E-state index >= 15 is 0 Å². The van der Waals surface area contributed by atoms with E-state index in [4.69, 9.17) is 0 Å². The summed E-state index contributed by atoms with van der Waals surface area (Å²) in [5.74, 6) is 1.45. The lowest BCUT2D eigenvalue weighted by Crippen LogP contribution is -2.23. The lowest BCUT2D eigenvalue weighted by molar-refractivity contribution is 0.566. The van der Waals surface area contributed by atoms with Crippen molar-refractivity contribution >= 4 is 7.41 Å². The van der Waals surface area contributed by atoms with E-state index in [0.29, 0.717) is 5.82 Å². The third-order valence-corrected chi connectivity index (χ3v) is 1.58. The molecule has 1 nitrogen and oxygen atoms in total. The van der Waals surface area contributed by atoms with Gasteiger partial charge in [0.25, 0.3) is 0 Å². The van der Waals surface area contributed by atoms with Gasteiger partial charge in [0.1, 0.15) is 0 Å². The maximum absolute atomic E-state index is 2.24. The molecule has 0 aliphatic rings. The minimum Gasteiger partial charge on any atom is -0.352 e. The smallest absolute Gasteiger partial charge is 0.211 e. The SMILES string of the molecule is CC(C)C(C)[B]N(C)C. The van der Waals surface area contributed by atoms with Gasteiger partial charge in [-0.2, -0.15) is 0 Å². The third kappa shape index (κ3) is 4.52. The second-order valence-electron chi connectivity index (χ2n) is 3.22. The Morgan fingerprint density at radius 2 is 1.56 bits per heavy atom. The Hall–Kier alpha value is 0.0249. The number of rotatable bonds is 3. The van der Waals surface area contributed by atoms with Gasteiger partial charge in [0.05, 0.1) is 0 Å². The van der Waals surface area contributed by atoms with Gasteiger partial charge >= 0.3 is 0 Å². The maximum atomic E-state index is 2.24. The first-order valence-electron chi connectivity index (χ1n) is 3.55. The lowest BCUT2D eigenvalue weighted by atomic mass is 9.69. The van der Waals surface area contributed by atoms with Crippen molar-refractivity contribution in [2.24, 2.45) is 5.92 Å². The van der Waals surface area contributed by atoms with Gasteiger partial charge in [0.2, 0.25) is 7.41 Å². The Bertz CT molecular complexity index is 71.3. The molecule has 0 spiro atoms. The van der Waals surface area contributed by atoms with Crippen LogP contribution in [0.1, 0.15) is 20.8 Å². The highest BCUT2D eigenvalue weighted by atomic mass is 15.0. The molecule has 0 saturated heterocycles. The molecule has 0 aromatic heterocycles. The van der Waals surface area contributed by atoms with Crippen LogP contribution in [0.3, 0.4) is 0 Å². The van der Waals surface area contributed by atoms with Gasteiger partial charge in [-0.15, -0.1) is 0 Å². The minimum atomic E-state index is 0.694. The Morgan fingerprint density at radius 1 is 1.11 bits per heavy atom. The molecule has 2 heteroatoms. The molecule has 0 bridgehead atoms. The van der Waals surface area contributed by atoms with Gasteiger partial charge < -0.3 is 4.81 Å². The molecule has 0 rings (SSSR count). The van der Waals surface area contributed by atoms with Crippen molar-refractivity contribution < 1.29 is 0 Å². The van der Waals surface area contributed by atoms with Gasteiger partial charge in [-0.1, -0.05) is 32.5 Å². The van der Waals surface area contributed by atoms with E-state index in [9.17, 15) is 0 Å². The molecule has 0 fully saturated rings. The molecule has 0 heterocycles. The Morgan fingerprint density at radius 3 is 1.67 bits per heavy atom. The monoisotopic (exact) mass is 126 g/mol. The van der Waals surface area contributed by atoms with Gasteiger partial charge in [0.15, 0.2) is 0 Å². The van der Waals surface area contributed by atoms with E-state index in [1.165, 1.54) is 0 Å². The summed E-state index contributed by atoms with van der Waals surface area (Å²) in [6.07, 6.45) is 0. The minimum absolute atomic E-state index is 0.694. The maximum Gasteiger partial charge on any atom is 0.211 e. The first kappa shape index (κ1) is 9.02. The summed E-state index contributed by atoms with van der Waals surface area (Å²) in [5, 5.41) is 0. The van der Waals surface area contributed by atoms with Gasteiger partial charge in [-0.3, -0.25) is 0 Å². The van der Waals surface area contributed by atoms with E-state index < -0.39 is 0 Å². The van der Waals surface area contributed by atoms with Crippen LogP contribution in [0.15, 0.2) is 0 Å². The lowest BCUT2D eigenvalue weighted by Gasteiger charge is -2.17. The molecule has 1 radical (unpaired) electrons. The van der Waals surface area contributed by atoms with Crippen LogP contribution in [0.5, 0.6) is 0 Å². The summed E-state index contributed by atoms with van der Waals surface area (Å²) in [7, 11) is 6.38. The quantitative estimate of drug-likeness (QED) is 0.519. The van der Waals surface area contributed by atoms with Crippen molar-refractivity contribution in [2.75, 3.05) is 14.1 Å². The van der Waals surface area contributed by atoms with Crippen LogP contribution in [0.4, 0.5) is 0 Å². The summed E-state index contributed by atoms with van der Waals surface area (Å²) in [6.45, 7) is 6.72. The molecule has 1 atom stereocenters. The van der Waals surface area contributed by atoms with Crippen LogP contribution in [-0.4, -0.2) is 26.3 Å². The molecule has 0 amide bonds. The normalized spacial score (nSPS) is 14.6. The van der Waals surface area contributed by atoms with E-state index in [1.807, 2.05) is 0 Å². The molecule has 53 valence electrons. The van der Waals surface area contributed by atoms with Crippen molar-refractivity contribution in [2.45, 2.75) is 26.6 Å². The van der Waals surface area contributed by atoms with Gasteiger partial charge in [-0.05, 0) is 14.1 Å². The summed E-state index contributed by atoms with van der Waals surface area (Å²) >= 11 is 0. The number of hydrogen-bond acceptors (Lipinski definition) is 1. The second-order valence-corrected chi connectivity index (χ2v) is 3.22.